The minimum Gasteiger partial charge on any atom is -1.00 e. The lowest BCUT2D eigenvalue weighted by Gasteiger charge is -2.58. The molecule has 49 heavy (non-hydrogen) atoms. The van der Waals surface area contributed by atoms with E-state index in [0.717, 1.165) is 52.9 Å². The molecular formula is C43H55BrN2O3. The molecule has 3 aliphatic rings. The van der Waals surface area contributed by atoms with Gasteiger partial charge in [0.05, 0.1) is 39.4 Å². The number of hydrogen-bond acceptors (Lipinski definition) is 4. The first kappa shape index (κ1) is 37.1. The molecule has 262 valence electrons. The summed E-state index contributed by atoms with van der Waals surface area (Å²) in [4.78, 5) is 4.76. The van der Waals surface area contributed by atoms with Crippen molar-refractivity contribution in [2.45, 2.75) is 90.5 Å². The number of benzene rings is 3. The SMILES string of the molecule is C=C[C@H]1C[N@+]2(Cc3cc(C(C)(C)C)c(OC)c(C(C)(C)C)c3)CC[C@H]1C[C@@H]2[C@@H](OCc1ccccc1)c1ccnc2ccc(OC)cc12.[Br-]. The summed E-state index contributed by atoms with van der Waals surface area (Å²) in [5.74, 6) is 2.95. The molecular weight excluding hydrogens is 672 g/mol. The van der Waals surface area contributed by atoms with Crippen molar-refractivity contribution in [3.05, 3.63) is 113 Å². The number of methoxy groups -OCH3 is 2. The van der Waals surface area contributed by atoms with E-state index in [1.807, 2.05) is 19.4 Å². The van der Waals surface area contributed by atoms with E-state index >= 15 is 0 Å². The Morgan fingerprint density at radius 3 is 2.20 bits per heavy atom. The first-order valence-corrected chi connectivity index (χ1v) is 17.7. The van der Waals surface area contributed by atoms with Crippen LogP contribution >= 0.6 is 0 Å². The van der Waals surface area contributed by atoms with E-state index in [9.17, 15) is 0 Å². The van der Waals surface area contributed by atoms with Crippen molar-refractivity contribution in [3.8, 4) is 11.5 Å². The predicted octanol–water partition coefficient (Wildman–Crippen LogP) is 6.72. The number of fused-ring (bicyclic) bond motifs is 4. The van der Waals surface area contributed by atoms with Crippen LogP contribution in [0.3, 0.4) is 0 Å². The first-order chi connectivity index (χ1) is 22.9. The third-order valence-electron chi connectivity index (χ3n) is 11.1. The van der Waals surface area contributed by atoms with E-state index in [4.69, 9.17) is 19.2 Å². The molecule has 3 aliphatic heterocycles. The normalized spacial score (nSPS) is 22.7. The van der Waals surface area contributed by atoms with Gasteiger partial charge in [0, 0.05) is 47.0 Å². The molecule has 5 atom stereocenters. The summed E-state index contributed by atoms with van der Waals surface area (Å²) >= 11 is 0. The molecule has 3 fully saturated rings. The maximum absolute atomic E-state index is 7.18. The smallest absolute Gasteiger partial charge is 0.135 e. The molecule has 1 aromatic heterocycles. The fraction of sp³-hybridized carbons (Fsp3) is 0.465. The van der Waals surface area contributed by atoms with Gasteiger partial charge < -0.3 is 35.7 Å². The minimum absolute atomic E-state index is 0. The molecule has 5 nitrogen and oxygen atoms in total. The van der Waals surface area contributed by atoms with Crippen molar-refractivity contribution in [2.24, 2.45) is 11.8 Å². The molecule has 0 N–H and O–H groups in total. The second-order valence-corrected chi connectivity index (χ2v) is 16.3. The highest BCUT2D eigenvalue weighted by atomic mass is 79.9. The van der Waals surface area contributed by atoms with Crippen LogP contribution in [0.5, 0.6) is 11.5 Å². The van der Waals surface area contributed by atoms with Gasteiger partial charge in [-0.25, -0.2) is 0 Å². The molecule has 0 aliphatic carbocycles. The van der Waals surface area contributed by atoms with E-state index in [0.29, 0.717) is 18.4 Å². The summed E-state index contributed by atoms with van der Waals surface area (Å²) in [7, 11) is 3.55. The first-order valence-electron chi connectivity index (χ1n) is 17.7. The van der Waals surface area contributed by atoms with Crippen molar-refractivity contribution in [1.29, 1.82) is 0 Å². The number of aromatic nitrogens is 1. The Labute approximate surface area is 305 Å². The van der Waals surface area contributed by atoms with Gasteiger partial charge in [0.15, 0.2) is 0 Å². The molecule has 0 saturated carbocycles. The van der Waals surface area contributed by atoms with Crippen LogP contribution in [0.1, 0.15) is 88.3 Å². The third-order valence-corrected chi connectivity index (χ3v) is 11.1. The highest BCUT2D eigenvalue weighted by molar-refractivity contribution is 5.84. The summed E-state index contributed by atoms with van der Waals surface area (Å²) in [6.07, 6.45) is 6.36. The number of ether oxygens (including phenoxy) is 3. The van der Waals surface area contributed by atoms with Gasteiger partial charge in [0.25, 0.3) is 0 Å². The van der Waals surface area contributed by atoms with Crippen LogP contribution in [0.15, 0.2) is 85.6 Å². The van der Waals surface area contributed by atoms with Crippen LogP contribution in [-0.4, -0.2) is 42.8 Å². The lowest BCUT2D eigenvalue weighted by atomic mass is 9.70. The quantitative estimate of drug-likeness (QED) is 0.135. The zero-order valence-electron chi connectivity index (χ0n) is 30.8. The fourth-order valence-electron chi connectivity index (χ4n) is 8.53. The third kappa shape index (κ3) is 7.48. The number of rotatable bonds is 10. The van der Waals surface area contributed by atoms with Crippen LogP contribution in [0.2, 0.25) is 0 Å². The predicted molar refractivity (Wildman–Crippen MR) is 197 cm³/mol. The van der Waals surface area contributed by atoms with Crippen LogP contribution in [-0.2, 0) is 28.7 Å². The number of pyridine rings is 1. The molecule has 7 rings (SSSR count). The maximum Gasteiger partial charge on any atom is 0.135 e. The molecule has 4 heterocycles. The number of halogens is 1. The van der Waals surface area contributed by atoms with Gasteiger partial charge in [0.2, 0.25) is 0 Å². The summed E-state index contributed by atoms with van der Waals surface area (Å²) < 4.78 is 20.0. The van der Waals surface area contributed by atoms with E-state index in [1.165, 1.54) is 34.2 Å². The van der Waals surface area contributed by atoms with Gasteiger partial charge >= 0.3 is 0 Å². The molecule has 3 aromatic carbocycles. The van der Waals surface area contributed by atoms with Gasteiger partial charge in [-0.3, -0.25) is 4.98 Å². The molecule has 0 amide bonds. The monoisotopic (exact) mass is 726 g/mol. The van der Waals surface area contributed by atoms with Crippen molar-refractivity contribution >= 4 is 10.9 Å². The fourth-order valence-corrected chi connectivity index (χ4v) is 8.53. The van der Waals surface area contributed by atoms with Crippen LogP contribution in [0, 0.1) is 11.8 Å². The summed E-state index contributed by atoms with van der Waals surface area (Å²) in [6, 6.07) is 24.1. The topological polar surface area (TPSA) is 40.6 Å². The number of piperidine rings is 3. The molecule has 2 bridgehead atoms. The average molecular weight is 728 g/mol. The van der Waals surface area contributed by atoms with E-state index in [-0.39, 0.29) is 40.0 Å². The molecule has 0 unspecified atom stereocenters. The van der Waals surface area contributed by atoms with Gasteiger partial charge in [-0.15, -0.1) is 6.58 Å². The zero-order valence-corrected chi connectivity index (χ0v) is 32.3. The Hall–Kier alpha value is -3.19. The lowest BCUT2D eigenvalue weighted by molar-refractivity contribution is -0.985. The molecule has 3 saturated heterocycles. The maximum atomic E-state index is 7.18. The molecule has 4 aromatic rings. The number of hydrogen-bond donors (Lipinski definition) is 0. The van der Waals surface area contributed by atoms with Crippen molar-refractivity contribution in [1.82, 2.24) is 4.98 Å². The van der Waals surface area contributed by atoms with Crippen molar-refractivity contribution in [2.75, 3.05) is 27.3 Å². The summed E-state index contributed by atoms with van der Waals surface area (Å²) in [6.45, 7) is 21.8. The zero-order chi connectivity index (χ0) is 34.3. The average Bonchev–Trinajstić information content (AvgIpc) is 3.07. The number of quaternary nitrogens is 1. The Morgan fingerprint density at radius 2 is 1.59 bits per heavy atom. The van der Waals surface area contributed by atoms with Gasteiger partial charge in [0.1, 0.15) is 30.2 Å². The second kappa shape index (κ2) is 14.6. The lowest BCUT2D eigenvalue weighted by Crippen LogP contribution is -3.00. The van der Waals surface area contributed by atoms with Crippen molar-refractivity contribution in [3.63, 3.8) is 0 Å². The largest absolute Gasteiger partial charge is 1.00 e. The Morgan fingerprint density at radius 1 is 0.898 bits per heavy atom. The van der Waals surface area contributed by atoms with Gasteiger partial charge in [-0.2, -0.15) is 0 Å². The van der Waals surface area contributed by atoms with Crippen LogP contribution < -0.4 is 26.5 Å². The summed E-state index contributed by atoms with van der Waals surface area (Å²) in [5, 5.41) is 1.10. The van der Waals surface area contributed by atoms with E-state index < -0.39 is 0 Å². The Balaban J connectivity index is 0.00000468. The Kier molecular flexibility index (Phi) is 11.0. The second-order valence-electron chi connectivity index (χ2n) is 16.3. The molecule has 0 radical (unpaired) electrons. The highest BCUT2D eigenvalue weighted by Gasteiger charge is 2.55. The Bertz CT molecular complexity index is 1720. The van der Waals surface area contributed by atoms with E-state index in [2.05, 4.69) is 115 Å². The van der Waals surface area contributed by atoms with E-state index in [1.54, 1.807) is 7.11 Å². The van der Waals surface area contributed by atoms with Gasteiger partial charge in [-0.05, 0) is 64.3 Å². The van der Waals surface area contributed by atoms with Crippen LogP contribution in [0.4, 0.5) is 0 Å². The van der Waals surface area contributed by atoms with Gasteiger partial charge in [-0.1, -0.05) is 78.0 Å². The van der Waals surface area contributed by atoms with Crippen molar-refractivity contribution < 1.29 is 35.7 Å². The highest BCUT2D eigenvalue weighted by Crippen LogP contribution is 2.50. The number of nitrogens with zero attached hydrogens (tertiary/aromatic N) is 2. The standard InChI is InChI=1S/C43H55N2O3.BrH/c1-10-31-27-45(26-30-22-36(42(2,3)4)41(47-9)37(23-30)43(5,6)7)21-19-32(31)24-39(45)40(48-28-29-14-12-11-13-15-29)34-18-20-44-38-17-16-33(46-8)25-35(34)38;/h10-18,20,22-23,25,31-32,39-40H,1,19,21,24,26-28H2,2-9H3;1H/q+1;/p-1/t31-,32-,39+,40-,45+;/m0./s1. The minimum atomic E-state index is -0.126. The summed E-state index contributed by atoms with van der Waals surface area (Å²) in [5.41, 5.74) is 7.16. The van der Waals surface area contributed by atoms with Crippen LogP contribution in [0.25, 0.3) is 10.9 Å². The molecule has 0 spiro atoms. The molecule has 6 heteroatoms.